The molecule has 0 fully saturated rings. The SMILES string of the molecule is CC/C(O)=C(/CC)C(N)=O. The Kier molecular flexibility index (Phi) is 3.54. The third-order valence-corrected chi connectivity index (χ3v) is 1.33. The summed E-state index contributed by atoms with van der Waals surface area (Å²) in [4.78, 5) is 10.5. The van der Waals surface area contributed by atoms with Crippen molar-refractivity contribution in [3.05, 3.63) is 11.3 Å². The fourth-order valence-corrected chi connectivity index (χ4v) is 0.734. The van der Waals surface area contributed by atoms with Crippen LogP contribution in [0.2, 0.25) is 0 Å². The first kappa shape index (κ1) is 9.01. The minimum absolute atomic E-state index is 0.106. The van der Waals surface area contributed by atoms with Gasteiger partial charge in [-0.3, -0.25) is 4.79 Å². The molecule has 0 aliphatic heterocycles. The van der Waals surface area contributed by atoms with Crippen molar-refractivity contribution in [2.75, 3.05) is 0 Å². The second kappa shape index (κ2) is 3.93. The molecule has 0 radical (unpaired) electrons. The van der Waals surface area contributed by atoms with Crippen LogP contribution in [0.3, 0.4) is 0 Å². The maximum Gasteiger partial charge on any atom is 0.247 e. The Labute approximate surface area is 60.5 Å². The molecule has 0 heterocycles. The molecule has 0 aliphatic rings. The van der Waals surface area contributed by atoms with Crippen LogP contribution in [0.1, 0.15) is 26.7 Å². The van der Waals surface area contributed by atoms with E-state index in [1.807, 2.05) is 0 Å². The number of primary amides is 1. The van der Waals surface area contributed by atoms with E-state index in [1.54, 1.807) is 13.8 Å². The Morgan fingerprint density at radius 2 is 1.90 bits per heavy atom. The summed E-state index contributed by atoms with van der Waals surface area (Å²) in [5.41, 5.74) is 5.30. The van der Waals surface area contributed by atoms with Gasteiger partial charge in [0.15, 0.2) is 0 Å². The average molecular weight is 143 g/mol. The summed E-state index contributed by atoms with van der Waals surface area (Å²) in [5.74, 6) is -0.420. The minimum atomic E-state index is -0.526. The second-order valence-electron chi connectivity index (χ2n) is 2.00. The van der Waals surface area contributed by atoms with Crippen molar-refractivity contribution in [1.29, 1.82) is 0 Å². The molecule has 0 rings (SSSR count). The first-order valence-corrected chi connectivity index (χ1v) is 3.34. The first-order valence-electron chi connectivity index (χ1n) is 3.34. The van der Waals surface area contributed by atoms with Crippen LogP contribution in [0.15, 0.2) is 11.3 Å². The van der Waals surface area contributed by atoms with Crippen molar-refractivity contribution in [2.24, 2.45) is 5.73 Å². The molecule has 3 heteroatoms. The average Bonchev–Trinajstić information content (AvgIpc) is 1.88. The van der Waals surface area contributed by atoms with E-state index < -0.39 is 5.91 Å². The van der Waals surface area contributed by atoms with Gasteiger partial charge in [0.25, 0.3) is 0 Å². The van der Waals surface area contributed by atoms with Crippen LogP contribution in [0.4, 0.5) is 0 Å². The van der Waals surface area contributed by atoms with Crippen molar-refractivity contribution >= 4 is 5.91 Å². The van der Waals surface area contributed by atoms with Crippen LogP contribution < -0.4 is 5.73 Å². The molecule has 0 aromatic rings. The van der Waals surface area contributed by atoms with Gasteiger partial charge in [0.2, 0.25) is 5.91 Å². The summed E-state index contributed by atoms with van der Waals surface area (Å²) < 4.78 is 0. The van der Waals surface area contributed by atoms with Gasteiger partial charge in [0, 0.05) is 6.42 Å². The number of carbonyl (C=O) groups excluding carboxylic acids is 1. The Hall–Kier alpha value is -0.990. The van der Waals surface area contributed by atoms with Crippen molar-refractivity contribution < 1.29 is 9.90 Å². The number of nitrogens with two attached hydrogens (primary N) is 1. The van der Waals surface area contributed by atoms with Gasteiger partial charge in [0.05, 0.1) is 5.57 Å². The standard InChI is InChI=1S/C7H13NO2/c1-3-5(7(8)10)6(9)4-2/h9H,3-4H2,1-2H3,(H2,8,10)/b6-5+. The van der Waals surface area contributed by atoms with E-state index in [0.717, 1.165) is 0 Å². The van der Waals surface area contributed by atoms with E-state index in [9.17, 15) is 4.79 Å². The molecule has 10 heavy (non-hydrogen) atoms. The quantitative estimate of drug-likeness (QED) is 0.459. The summed E-state index contributed by atoms with van der Waals surface area (Å²) >= 11 is 0. The van der Waals surface area contributed by atoms with E-state index in [2.05, 4.69) is 0 Å². The predicted octanol–water partition coefficient (Wildman–Crippen LogP) is 1.10. The highest BCUT2D eigenvalue weighted by Gasteiger charge is 2.06. The van der Waals surface area contributed by atoms with Crippen LogP contribution in [-0.2, 0) is 4.79 Å². The van der Waals surface area contributed by atoms with E-state index in [4.69, 9.17) is 10.8 Å². The molecule has 1 amide bonds. The topological polar surface area (TPSA) is 63.3 Å². The number of aliphatic hydroxyl groups is 1. The van der Waals surface area contributed by atoms with Gasteiger partial charge in [-0.2, -0.15) is 0 Å². The summed E-state index contributed by atoms with van der Waals surface area (Å²) in [6.07, 6.45) is 0.959. The lowest BCUT2D eigenvalue weighted by Gasteiger charge is -2.01. The Bertz CT molecular complexity index is 161. The molecular weight excluding hydrogens is 130 g/mol. The highest BCUT2D eigenvalue weighted by molar-refractivity contribution is 5.92. The summed E-state index contributed by atoms with van der Waals surface area (Å²) in [6, 6.07) is 0. The van der Waals surface area contributed by atoms with E-state index in [-0.39, 0.29) is 5.76 Å². The molecular formula is C7H13NO2. The molecule has 3 N–H and O–H groups in total. The number of hydrogen-bond acceptors (Lipinski definition) is 2. The van der Waals surface area contributed by atoms with Gasteiger partial charge in [0.1, 0.15) is 5.76 Å². The fourth-order valence-electron chi connectivity index (χ4n) is 0.734. The van der Waals surface area contributed by atoms with Gasteiger partial charge >= 0.3 is 0 Å². The van der Waals surface area contributed by atoms with Gasteiger partial charge in [-0.15, -0.1) is 0 Å². The molecule has 0 atom stereocenters. The van der Waals surface area contributed by atoms with Crippen molar-refractivity contribution in [3.63, 3.8) is 0 Å². The van der Waals surface area contributed by atoms with E-state index >= 15 is 0 Å². The second-order valence-corrected chi connectivity index (χ2v) is 2.00. The van der Waals surface area contributed by atoms with Gasteiger partial charge in [-0.25, -0.2) is 0 Å². The zero-order valence-corrected chi connectivity index (χ0v) is 6.35. The summed E-state index contributed by atoms with van der Waals surface area (Å²) in [7, 11) is 0. The number of allylic oxidation sites excluding steroid dienone is 1. The lowest BCUT2D eigenvalue weighted by Crippen LogP contribution is -2.15. The maximum absolute atomic E-state index is 10.5. The van der Waals surface area contributed by atoms with Gasteiger partial charge in [-0.1, -0.05) is 13.8 Å². The van der Waals surface area contributed by atoms with Crippen LogP contribution in [0.5, 0.6) is 0 Å². The van der Waals surface area contributed by atoms with Crippen LogP contribution in [0.25, 0.3) is 0 Å². The smallest absolute Gasteiger partial charge is 0.247 e. The third kappa shape index (κ3) is 2.09. The van der Waals surface area contributed by atoms with Crippen molar-refractivity contribution in [1.82, 2.24) is 0 Å². The Morgan fingerprint density at radius 1 is 1.40 bits per heavy atom. The van der Waals surface area contributed by atoms with Crippen LogP contribution in [0, 0.1) is 0 Å². The summed E-state index contributed by atoms with van der Waals surface area (Å²) in [6.45, 7) is 3.56. The zero-order valence-electron chi connectivity index (χ0n) is 6.35. The lowest BCUT2D eigenvalue weighted by molar-refractivity contribution is -0.114. The number of rotatable bonds is 3. The Balaban J connectivity index is 4.45. The van der Waals surface area contributed by atoms with Gasteiger partial charge < -0.3 is 10.8 Å². The van der Waals surface area contributed by atoms with Crippen LogP contribution in [-0.4, -0.2) is 11.0 Å². The number of amides is 1. The molecule has 0 saturated heterocycles. The maximum atomic E-state index is 10.5. The van der Waals surface area contributed by atoms with E-state index in [1.165, 1.54) is 0 Å². The van der Waals surface area contributed by atoms with E-state index in [0.29, 0.717) is 18.4 Å². The number of aliphatic hydroxyl groups excluding tert-OH is 1. The minimum Gasteiger partial charge on any atom is -0.512 e. The summed E-state index contributed by atoms with van der Waals surface area (Å²) in [5, 5.41) is 9.07. The normalized spacial score (nSPS) is 12.6. The molecule has 58 valence electrons. The highest BCUT2D eigenvalue weighted by Crippen LogP contribution is 2.07. The third-order valence-electron chi connectivity index (χ3n) is 1.33. The monoisotopic (exact) mass is 143 g/mol. The molecule has 0 aromatic heterocycles. The van der Waals surface area contributed by atoms with Crippen molar-refractivity contribution in [2.45, 2.75) is 26.7 Å². The van der Waals surface area contributed by atoms with Crippen molar-refractivity contribution in [3.8, 4) is 0 Å². The molecule has 3 nitrogen and oxygen atoms in total. The molecule has 0 bridgehead atoms. The molecule has 0 saturated carbocycles. The highest BCUT2D eigenvalue weighted by atomic mass is 16.3. The Morgan fingerprint density at radius 3 is 2.00 bits per heavy atom. The zero-order chi connectivity index (χ0) is 8.15. The van der Waals surface area contributed by atoms with Crippen LogP contribution >= 0.6 is 0 Å². The largest absolute Gasteiger partial charge is 0.512 e. The molecule has 0 aliphatic carbocycles. The molecule has 0 unspecified atom stereocenters. The molecule has 0 spiro atoms. The fraction of sp³-hybridized carbons (Fsp3) is 0.571. The lowest BCUT2D eigenvalue weighted by atomic mass is 10.1. The first-order chi connectivity index (χ1) is 4.63. The number of carbonyl (C=O) groups is 1. The predicted molar refractivity (Wildman–Crippen MR) is 39.4 cm³/mol. The number of hydrogen-bond donors (Lipinski definition) is 2. The van der Waals surface area contributed by atoms with Gasteiger partial charge in [-0.05, 0) is 6.42 Å². The molecule has 0 aromatic carbocycles.